The number of allylic oxidation sites excluding steroid dienone is 1. The fraction of sp³-hybridized carbons (Fsp3) is 0.0508. The van der Waals surface area contributed by atoms with Gasteiger partial charge in [0.05, 0.1) is 39.2 Å². The first-order valence-corrected chi connectivity index (χ1v) is 22.0. The van der Waals surface area contributed by atoms with Crippen LogP contribution in [-0.2, 0) is 0 Å². The summed E-state index contributed by atoms with van der Waals surface area (Å²) in [6.07, 6.45) is 3.04. The number of benzene rings is 9. The number of rotatable bonds is 4. The van der Waals surface area contributed by atoms with Crippen molar-refractivity contribution >= 4 is 93.7 Å². The summed E-state index contributed by atoms with van der Waals surface area (Å²) in [7, 11) is 0. The molecule has 0 spiro atoms. The summed E-state index contributed by atoms with van der Waals surface area (Å²) >= 11 is 0. The summed E-state index contributed by atoms with van der Waals surface area (Å²) in [6.45, 7) is 2.30. The molecule has 5 nitrogen and oxygen atoms in total. The Bertz CT molecular complexity index is 3880. The van der Waals surface area contributed by atoms with Crippen LogP contribution in [0.4, 0.5) is 0 Å². The van der Waals surface area contributed by atoms with E-state index in [0.717, 1.165) is 89.4 Å². The van der Waals surface area contributed by atoms with Gasteiger partial charge in [-0.3, -0.25) is 4.57 Å². The minimum atomic E-state index is 0.00592. The number of aliphatic imine (C=N–C) groups is 2. The van der Waals surface area contributed by atoms with Crippen molar-refractivity contribution in [2.75, 3.05) is 0 Å². The molecule has 5 heteroatoms. The Morgan fingerprint density at radius 2 is 1.02 bits per heavy atom. The molecule has 0 saturated heterocycles. The number of para-hydroxylation sites is 4. The molecule has 0 N–H and O–H groups in total. The van der Waals surface area contributed by atoms with E-state index in [4.69, 9.17) is 14.4 Å². The maximum absolute atomic E-state index is 6.82. The lowest BCUT2D eigenvalue weighted by Crippen LogP contribution is -2.20. The standard InChI is InChI=1S/C59H40N4O/c1-37-27-32-50(40-30-28-39(29-31-40)38-15-3-2-4-16-38)60-59(63-52-24-12-7-19-44(52)45-20-8-13-25-53(45)63)61-58(37)49-35-43(36-56-57(49)47-22-10-14-26-55(47)64-56)62-51-23-11-9-21-46(51)48-33-41-17-5-6-18-42(41)34-54(48)62/h2-26,28-37H,27H2,1H3/b50-32+,60-59+,61-58+. The molecule has 1 aliphatic rings. The van der Waals surface area contributed by atoms with Crippen LogP contribution < -0.4 is 0 Å². The average Bonchev–Trinajstić information content (AvgIpc) is 4.00. The summed E-state index contributed by atoms with van der Waals surface area (Å²) < 4.78 is 11.5. The van der Waals surface area contributed by atoms with E-state index in [9.17, 15) is 0 Å². The zero-order chi connectivity index (χ0) is 42.3. The molecule has 12 aromatic rings. The first-order valence-electron chi connectivity index (χ1n) is 22.0. The molecule has 13 rings (SSSR count). The highest BCUT2D eigenvalue weighted by molar-refractivity contribution is 6.24. The fourth-order valence-corrected chi connectivity index (χ4v) is 10.1. The van der Waals surface area contributed by atoms with Crippen LogP contribution in [0.3, 0.4) is 0 Å². The van der Waals surface area contributed by atoms with Gasteiger partial charge < -0.3 is 8.98 Å². The zero-order valence-corrected chi connectivity index (χ0v) is 35.1. The fourth-order valence-electron chi connectivity index (χ4n) is 10.1. The Morgan fingerprint density at radius 1 is 0.453 bits per heavy atom. The third-order valence-electron chi connectivity index (χ3n) is 13.2. The Kier molecular flexibility index (Phi) is 8.19. The zero-order valence-electron chi connectivity index (χ0n) is 35.1. The molecule has 0 saturated carbocycles. The monoisotopic (exact) mass is 820 g/mol. The quantitative estimate of drug-likeness (QED) is 0.174. The van der Waals surface area contributed by atoms with E-state index in [0.29, 0.717) is 5.96 Å². The summed E-state index contributed by atoms with van der Waals surface area (Å²) in [5.74, 6) is 0.624. The van der Waals surface area contributed by atoms with Crippen LogP contribution in [-0.4, -0.2) is 20.8 Å². The summed E-state index contributed by atoms with van der Waals surface area (Å²) in [5, 5.41) is 9.29. The molecule has 0 aliphatic carbocycles. The van der Waals surface area contributed by atoms with E-state index < -0.39 is 0 Å². The number of hydrogen-bond acceptors (Lipinski definition) is 3. The van der Waals surface area contributed by atoms with Gasteiger partial charge in [0.2, 0.25) is 5.96 Å². The van der Waals surface area contributed by atoms with Gasteiger partial charge in [0.15, 0.2) is 0 Å². The third-order valence-corrected chi connectivity index (χ3v) is 13.2. The van der Waals surface area contributed by atoms with Gasteiger partial charge in [0.1, 0.15) is 11.2 Å². The van der Waals surface area contributed by atoms with Crippen molar-refractivity contribution in [2.24, 2.45) is 15.9 Å². The van der Waals surface area contributed by atoms with Gasteiger partial charge in [-0.2, -0.15) is 0 Å². The van der Waals surface area contributed by atoms with Crippen LogP contribution in [0, 0.1) is 5.92 Å². The van der Waals surface area contributed by atoms with Crippen molar-refractivity contribution in [3.8, 4) is 16.8 Å². The van der Waals surface area contributed by atoms with Gasteiger partial charge in [-0.05, 0) is 76.3 Å². The van der Waals surface area contributed by atoms with Crippen LogP contribution in [0.2, 0.25) is 0 Å². The molecule has 1 unspecified atom stereocenters. The number of aromatic nitrogens is 2. The summed E-state index contributed by atoms with van der Waals surface area (Å²) in [6, 6.07) is 71.4. The lowest BCUT2D eigenvalue weighted by Gasteiger charge is -2.21. The van der Waals surface area contributed by atoms with Crippen molar-refractivity contribution in [2.45, 2.75) is 13.3 Å². The topological polar surface area (TPSA) is 47.7 Å². The number of nitrogens with zero attached hydrogens (tertiary/aromatic N) is 4. The highest BCUT2D eigenvalue weighted by Gasteiger charge is 2.26. The Balaban J connectivity index is 1.09. The second-order valence-corrected chi connectivity index (χ2v) is 17.0. The minimum Gasteiger partial charge on any atom is -0.456 e. The van der Waals surface area contributed by atoms with E-state index >= 15 is 0 Å². The van der Waals surface area contributed by atoms with Crippen LogP contribution in [0.25, 0.3) is 98.8 Å². The van der Waals surface area contributed by atoms with Crippen LogP contribution in [0.15, 0.2) is 221 Å². The maximum atomic E-state index is 6.82. The van der Waals surface area contributed by atoms with E-state index in [1.54, 1.807) is 0 Å². The van der Waals surface area contributed by atoms with Gasteiger partial charge in [-0.15, -0.1) is 0 Å². The normalized spacial score (nSPS) is 17.1. The van der Waals surface area contributed by atoms with Gasteiger partial charge >= 0.3 is 0 Å². The largest absolute Gasteiger partial charge is 0.456 e. The number of fused-ring (bicyclic) bond motifs is 10. The molecule has 1 atom stereocenters. The highest BCUT2D eigenvalue weighted by atomic mass is 16.3. The van der Waals surface area contributed by atoms with Crippen LogP contribution >= 0.6 is 0 Å². The van der Waals surface area contributed by atoms with Crippen LogP contribution in [0.1, 0.15) is 24.5 Å². The number of furan rings is 1. The van der Waals surface area contributed by atoms with Crippen molar-refractivity contribution in [3.63, 3.8) is 0 Å². The van der Waals surface area contributed by atoms with Crippen molar-refractivity contribution in [3.05, 3.63) is 217 Å². The maximum Gasteiger partial charge on any atom is 0.235 e. The van der Waals surface area contributed by atoms with Gasteiger partial charge in [-0.1, -0.05) is 165 Å². The summed E-state index contributed by atoms with van der Waals surface area (Å²) in [4.78, 5) is 11.4. The molecule has 0 radical (unpaired) electrons. The molecule has 302 valence electrons. The first-order chi connectivity index (χ1) is 31.6. The lowest BCUT2D eigenvalue weighted by atomic mass is 9.90. The van der Waals surface area contributed by atoms with Gasteiger partial charge in [0, 0.05) is 49.9 Å². The Hall–Kier alpha value is -8.28. The molecule has 0 fully saturated rings. The molecule has 3 aromatic heterocycles. The molecular formula is C59H40N4O. The van der Waals surface area contributed by atoms with Gasteiger partial charge in [-0.25, -0.2) is 9.98 Å². The second-order valence-electron chi connectivity index (χ2n) is 17.0. The SMILES string of the molecule is CC1C/C=C(c2ccc(-c3ccccc3)cc2)/N=C(n2c3ccccc3c3ccccc32)\N=C/1c1cc(-n2c3ccccc3c3cc4ccccc4cc32)cc2oc3ccccc3c12. The van der Waals surface area contributed by atoms with Crippen molar-refractivity contribution in [1.82, 2.24) is 9.13 Å². The van der Waals surface area contributed by atoms with Crippen molar-refractivity contribution < 1.29 is 4.42 Å². The average molecular weight is 821 g/mol. The second kappa shape index (κ2) is 14.4. The smallest absolute Gasteiger partial charge is 0.235 e. The summed E-state index contributed by atoms with van der Waals surface area (Å²) in [5.41, 5.74) is 13.4. The minimum absolute atomic E-state index is 0.00592. The number of hydrogen-bond donors (Lipinski definition) is 0. The lowest BCUT2D eigenvalue weighted by molar-refractivity contribution is 0.668. The predicted octanol–water partition coefficient (Wildman–Crippen LogP) is 15.4. The van der Waals surface area contributed by atoms with Gasteiger partial charge in [0.25, 0.3) is 0 Å². The van der Waals surface area contributed by atoms with Crippen molar-refractivity contribution in [1.29, 1.82) is 0 Å². The molecular weight excluding hydrogens is 781 g/mol. The molecule has 9 aromatic carbocycles. The van der Waals surface area contributed by atoms with E-state index in [2.05, 4.69) is 216 Å². The molecule has 4 heterocycles. The molecule has 1 aliphatic heterocycles. The van der Waals surface area contributed by atoms with E-state index in [-0.39, 0.29) is 5.92 Å². The third kappa shape index (κ3) is 5.71. The van der Waals surface area contributed by atoms with Crippen LogP contribution in [0.5, 0.6) is 0 Å². The highest BCUT2D eigenvalue weighted by Crippen LogP contribution is 2.40. The Labute approximate surface area is 369 Å². The molecule has 0 amide bonds. The molecule has 64 heavy (non-hydrogen) atoms. The Morgan fingerprint density at radius 3 is 1.73 bits per heavy atom. The van der Waals surface area contributed by atoms with E-state index in [1.807, 2.05) is 6.07 Å². The first kappa shape index (κ1) is 36.4. The van der Waals surface area contributed by atoms with E-state index in [1.165, 1.54) is 32.7 Å². The predicted molar refractivity (Wildman–Crippen MR) is 268 cm³/mol. The molecule has 0 bridgehead atoms.